The molecule has 1 aliphatic heterocycles. The highest BCUT2D eigenvalue weighted by molar-refractivity contribution is 7.99. The normalized spacial score (nSPS) is 18.8. The number of thioether (sulfide) groups is 1. The first kappa shape index (κ1) is 13.6. The number of nitro groups is 1. The first-order valence-electron chi connectivity index (χ1n) is 5.86. The molecule has 1 aromatic heterocycles. The molecule has 1 aliphatic rings. The van der Waals surface area contributed by atoms with Crippen molar-refractivity contribution in [1.82, 2.24) is 10.3 Å². The van der Waals surface area contributed by atoms with Crippen LogP contribution in [0.25, 0.3) is 0 Å². The summed E-state index contributed by atoms with van der Waals surface area (Å²) in [6.07, 6.45) is 2.95. The van der Waals surface area contributed by atoms with Gasteiger partial charge in [0.2, 0.25) is 0 Å². The number of hydrogen-bond donors (Lipinski definition) is 2. The lowest BCUT2D eigenvalue weighted by molar-refractivity contribution is -0.385. The number of anilines is 1. The van der Waals surface area contributed by atoms with E-state index in [2.05, 4.69) is 10.3 Å². The van der Waals surface area contributed by atoms with E-state index in [-0.39, 0.29) is 23.1 Å². The molecular formula is C11H14N4O3S. The zero-order valence-electron chi connectivity index (χ0n) is 10.2. The standard InChI is InChI=1S/C11H14N4O3S/c12-10-4-8(9(5-13-10)15(17)18)11(16)14-7-2-1-3-19-6-7/h4-5,7H,1-3,6H2,(H2,12,13)(H,14,16). The second-order valence-electron chi connectivity index (χ2n) is 4.27. The number of pyridine rings is 1. The summed E-state index contributed by atoms with van der Waals surface area (Å²) in [7, 11) is 0. The second-order valence-corrected chi connectivity index (χ2v) is 5.42. The van der Waals surface area contributed by atoms with Gasteiger partial charge in [0.15, 0.2) is 0 Å². The minimum atomic E-state index is -0.628. The Labute approximate surface area is 114 Å². The SMILES string of the molecule is Nc1cc(C(=O)NC2CCCSC2)c([N+](=O)[O-])cn1. The van der Waals surface area contributed by atoms with Crippen molar-refractivity contribution >= 4 is 29.2 Å². The fourth-order valence-electron chi connectivity index (χ4n) is 1.91. The number of carbonyl (C=O) groups is 1. The molecule has 0 saturated carbocycles. The first-order valence-corrected chi connectivity index (χ1v) is 7.02. The molecule has 0 spiro atoms. The molecule has 0 aromatic carbocycles. The Balaban J connectivity index is 2.17. The zero-order chi connectivity index (χ0) is 13.8. The van der Waals surface area contributed by atoms with Gasteiger partial charge in [-0.15, -0.1) is 0 Å². The van der Waals surface area contributed by atoms with Gasteiger partial charge in [0, 0.05) is 11.8 Å². The van der Waals surface area contributed by atoms with Crippen molar-refractivity contribution in [3.05, 3.63) is 27.9 Å². The van der Waals surface area contributed by atoms with E-state index in [1.807, 2.05) is 0 Å². The maximum Gasteiger partial charge on any atom is 0.300 e. The van der Waals surface area contributed by atoms with E-state index in [0.717, 1.165) is 30.5 Å². The molecule has 102 valence electrons. The molecule has 1 aromatic rings. The number of nitrogens with zero attached hydrogens (tertiary/aromatic N) is 2. The molecule has 1 fully saturated rings. The Morgan fingerprint density at radius 3 is 3.05 bits per heavy atom. The summed E-state index contributed by atoms with van der Waals surface area (Å²) < 4.78 is 0. The van der Waals surface area contributed by atoms with Gasteiger partial charge in [-0.1, -0.05) is 0 Å². The van der Waals surface area contributed by atoms with E-state index in [4.69, 9.17) is 5.73 Å². The summed E-state index contributed by atoms with van der Waals surface area (Å²) in [6, 6.07) is 1.30. The minimum Gasteiger partial charge on any atom is -0.384 e. The minimum absolute atomic E-state index is 0.0342. The Morgan fingerprint density at radius 1 is 1.63 bits per heavy atom. The summed E-state index contributed by atoms with van der Waals surface area (Å²) in [5.41, 5.74) is 5.12. The molecule has 19 heavy (non-hydrogen) atoms. The molecule has 1 saturated heterocycles. The fourth-order valence-corrected chi connectivity index (χ4v) is 2.98. The van der Waals surface area contributed by atoms with Crippen LogP contribution in [0.1, 0.15) is 23.2 Å². The third-order valence-electron chi connectivity index (χ3n) is 2.84. The van der Waals surface area contributed by atoms with Crippen molar-refractivity contribution in [2.24, 2.45) is 0 Å². The van der Waals surface area contributed by atoms with Crippen LogP contribution < -0.4 is 11.1 Å². The van der Waals surface area contributed by atoms with Crippen molar-refractivity contribution < 1.29 is 9.72 Å². The van der Waals surface area contributed by atoms with E-state index < -0.39 is 10.8 Å². The van der Waals surface area contributed by atoms with Gasteiger partial charge >= 0.3 is 0 Å². The Hall–Kier alpha value is -1.83. The van der Waals surface area contributed by atoms with Crippen LogP contribution >= 0.6 is 11.8 Å². The average Bonchev–Trinajstić information content (AvgIpc) is 2.39. The summed E-state index contributed by atoms with van der Waals surface area (Å²) in [5.74, 6) is 1.55. The third kappa shape index (κ3) is 3.34. The molecule has 1 amide bonds. The van der Waals surface area contributed by atoms with Gasteiger partial charge in [-0.3, -0.25) is 14.9 Å². The lowest BCUT2D eigenvalue weighted by Crippen LogP contribution is -2.38. The quantitative estimate of drug-likeness (QED) is 0.636. The molecule has 0 radical (unpaired) electrons. The molecule has 3 N–H and O–H groups in total. The molecule has 1 atom stereocenters. The number of amides is 1. The second kappa shape index (κ2) is 5.87. The lowest BCUT2D eigenvalue weighted by atomic mass is 10.1. The van der Waals surface area contributed by atoms with Crippen LogP contribution in [-0.4, -0.2) is 33.4 Å². The van der Waals surface area contributed by atoms with Crippen molar-refractivity contribution in [3.63, 3.8) is 0 Å². The summed E-state index contributed by atoms with van der Waals surface area (Å²) in [6.45, 7) is 0. The van der Waals surface area contributed by atoms with Crippen molar-refractivity contribution in [2.75, 3.05) is 17.2 Å². The molecule has 1 unspecified atom stereocenters. The van der Waals surface area contributed by atoms with Crippen molar-refractivity contribution in [3.8, 4) is 0 Å². The van der Waals surface area contributed by atoms with Gasteiger partial charge < -0.3 is 11.1 Å². The number of carbonyl (C=O) groups excluding carboxylic acids is 1. The number of rotatable bonds is 3. The van der Waals surface area contributed by atoms with E-state index in [0.29, 0.717) is 0 Å². The maximum absolute atomic E-state index is 12.1. The number of aromatic nitrogens is 1. The van der Waals surface area contributed by atoms with Gasteiger partial charge in [0.05, 0.1) is 4.92 Å². The molecule has 7 nitrogen and oxygen atoms in total. The molecular weight excluding hydrogens is 268 g/mol. The first-order chi connectivity index (χ1) is 9.08. The van der Waals surface area contributed by atoms with Gasteiger partial charge in [0.1, 0.15) is 17.6 Å². The van der Waals surface area contributed by atoms with E-state index >= 15 is 0 Å². The number of nitrogens with one attached hydrogen (secondary N) is 1. The van der Waals surface area contributed by atoms with Gasteiger partial charge in [0.25, 0.3) is 11.6 Å². The zero-order valence-corrected chi connectivity index (χ0v) is 11.0. The maximum atomic E-state index is 12.1. The predicted octanol–water partition coefficient (Wildman–Crippen LogP) is 1.20. The number of hydrogen-bond acceptors (Lipinski definition) is 6. The topological polar surface area (TPSA) is 111 Å². The molecule has 0 aliphatic carbocycles. The monoisotopic (exact) mass is 282 g/mol. The highest BCUT2D eigenvalue weighted by atomic mass is 32.2. The average molecular weight is 282 g/mol. The largest absolute Gasteiger partial charge is 0.384 e. The molecule has 0 bridgehead atoms. The van der Waals surface area contributed by atoms with Crippen LogP contribution in [-0.2, 0) is 0 Å². The lowest BCUT2D eigenvalue weighted by Gasteiger charge is -2.22. The fraction of sp³-hybridized carbons (Fsp3) is 0.455. The van der Waals surface area contributed by atoms with Crippen molar-refractivity contribution in [1.29, 1.82) is 0 Å². The van der Waals surface area contributed by atoms with E-state index in [9.17, 15) is 14.9 Å². The summed E-state index contributed by atoms with van der Waals surface area (Å²) in [4.78, 5) is 26.0. The molecule has 8 heteroatoms. The highest BCUT2D eigenvalue weighted by Crippen LogP contribution is 2.21. The van der Waals surface area contributed by atoms with E-state index in [1.54, 1.807) is 11.8 Å². The Kier molecular flexibility index (Phi) is 4.20. The van der Waals surface area contributed by atoms with Crippen LogP contribution in [0.2, 0.25) is 0 Å². The third-order valence-corrected chi connectivity index (χ3v) is 4.06. The van der Waals surface area contributed by atoms with Crippen LogP contribution in [0.3, 0.4) is 0 Å². The highest BCUT2D eigenvalue weighted by Gasteiger charge is 2.24. The van der Waals surface area contributed by atoms with Gasteiger partial charge in [-0.25, -0.2) is 4.98 Å². The van der Waals surface area contributed by atoms with E-state index in [1.165, 1.54) is 6.07 Å². The predicted molar refractivity (Wildman–Crippen MR) is 73.1 cm³/mol. The van der Waals surface area contributed by atoms with Crippen molar-refractivity contribution in [2.45, 2.75) is 18.9 Å². The van der Waals surface area contributed by atoms with Crippen LogP contribution in [0.5, 0.6) is 0 Å². The number of nitrogens with two attached hydrogens (primary N) is 1. The summed E-state index contributed by atoms with van der Waals surface area (Å²) >= 11 is 1.77. The molecule has 2 rings (SSSR count). The van der Waals surface area contributed by atoms with Crippen LogP contribution in [0.4, 0.5) is 11.5 Å². The Morgan fingerprint density at radius 2 is 2.42 bits per heavy atom. The number of nitrogen functional groups attached to an aromatic ring is 1. The Bertz CT molecular complexity index is 503. The van der Waals surface area contributed by atoms with Gasteiger partial charge in [-0.2, -0.15) is 11.8 Å². The molecule has 2 heterocycles. The van der Waals surface area contributed by atoms with Crippen LogP contribution in [0.15, 0.2) is 12.3 Å². The van der Waals surface area contributed by atoms with Gasteiger partial charge in [-0.05, 0) is 24.7 Å². The van der Waals surface area contributed by atoms with Crippen LogP contribution in [0, 0.1) is 10.1 Å². The smallest absolute Gasteiger partial charge is 0.300 e. The summed E-state index contributed by atoms with van der Waals surface area (Å²) in [5, 5.41) is 13.7.